The number of methoxy groups -OCH3 is 1. The molecule has 0 fully saturated rings. The van der Waals surface area contributed by atoms with Crippen molar-refractivity contribution in [2.45, 2.75) is 33.0 Å². The molecule has 2 aromatic rings. The van der Waals surface area contributed by atoms with Gasteiger partial charge in [-0.15, -0.1) is 6.42 Å². The molecule has 2 atom stereocenters. The number of benzene rings is 2. The number of rotatable bonds is 14. The van der Waals surface area contributed by atoms with Gasteiger partial charge in [0.15, 0.2) is 29.2 Å². The van der Waals surface area contributed by atoms with Gasteiger partial charge in [-0.1, -0.05) is 12.0 Å². The Bertz CT molecular complexity index is 1390. The lowest BCUT2D eigenvalue weighted by Crippen LogP contribution is -2.45. The monoisotopic (exact) mass is 692 g/mol. The molecular formula is C29H33IN4O8. The van der Waals surface area contributed by atoms with Crippen molar-refractivity contribution < 1.29 is 38.4 Å². The Kier molecular flexibility index (Phi) is 12.1. The topological polar surface area (TPSA) is 149 Å². The van der Waals surface area contributed by atoms with Crippen molar-refractivity contribution >= 4 is 40.8 Å². The Hall–Kier alpha value is -4.16. The second-order valence-electron chi connectivity index (χ2n) is 8.67. The van der Waals surface area contributed by atoms with Gasteiger partial charge in [0.05, 0.1) is 41.7 Å². The van der Waals surface area contributed by atoms with E-state index >= 15 is 0 Å². The third kappa shape index (κ3) is 8.43. The van der Waals surface area contributed by atoms with Crippen LogP contribution in [0.3, 0.4) is 0 Å². The second kappa shape index (κ2) is 15.7. The van der Waals surface area contributed by atoms with Crippen LogP contribution in [0.2, 0.25) is 0 Å². The summed E-state index contributed by atoms with van der Waals surface area (Å²) in [4.78, 5) is 24.6. The number of hydrogen-bond acceptors (Lipinski definition) is 10. The first-order valence-corrected chi connectivity index (χ1v) is 14.1. The lowest BCUT2D eigenvalue weighted by Gasteiger charge is -2.28. The lowest BCUT2D eigenvalue weighted by atomic mass is 9.95. The molecule has 0 saturated carbocycles. The van der Waals surface area contributed by atoms with E-state index < -0.39 is 24.3 Å². The summed E-state index contributed by atoms with van der Waals surface area (Å²) in [6.45, 7) is 6.03. The third-order valence-corrected chi connectivity index (χ3v) is 6.54. The molecule has 0 spiro atoms. The zero-order valence-corrected chi connectivity index (χ0v) is 25.8. The van der Waals surface area contributed by atoms with Gasteiger partial charge in [0.1, 0.15) is 13.2 Å². The highest BCUT2D eigenvalue weighted by molar-refractivity contribution is 14.1. The zero-order chi connectivity index (χ0) is 30.6. The maximum atomic E-state index is 12.4. The number of nitrogens with one attached hydrogen (secondary N) is 3. The van der Waals surface area contributed by atoms with Crippen LogP contribution in [-0.4, -0.2) is 63.1 Å². The molecule has 42 heavy (non-hydrogen) atoms. The molecule has 3 rings (SSSR count). The standard InChI is InChI=1S/C29H33IN4O8/c1-6-11-41-27-20(30)12-18(13-23(27)40-8-3)15-31-34-24(35)16-42-21-10-9-19(14-22(21)39-7-2)26-25(28(36)38-5)17(4)32-29(37)33-26/h1,9-10,12-15,24,26,34-35H,7-8,11,16H2,2-5H3,(H2,32,33,37)/b31-15-/t24-,26-/m1/s1. The summed E-state index contributed by atoms with van der Waals surface area (Å²) >= 11 is 2.12. The van der Waals surface area contributed by atoms with E-state index in [1.807, 2.05) is 19.9 Å². The number of esters is 1. The van der Waals surface area contributed by atoms with Gasteiger partial charge in [-0.25, -0.2) is 9.59 Å². The Labute approximate surface area is 257 Å². The molecule has 0 bridgehead atoms. The minimum Gasteiger partial charge on any atom is -0.490 e. The summed E-state index contributed by atoms with van der Waals surface area (Å²) < 4.78 is 28.5. The summed E-state index contributed by atoms with van der Waals surface area (Å²) in [7, 11) is 1.27. The fraction of sp³-hybridized carbons (Fsp3) is 0.345. The molecule has 2 amide bonds. The Balaban J connectivity index is 1.69. The molecule has 1 aliphatic heterocycles. The molecule has 4 N–H and O–H groups in total. The molecule has 12 nitrogen and oxygen atoms in total. The summed E-state index contributed by atoms with van der Waals surface area (Å²) in [5.41, 5.74) is 4.57. The van der Waals surface area contributed by atoms with Crippen molar-refractivity contribution in [2.24, 2.45) is 5.10 Å². The zero-order valence-electron chi connectivity index (χ0n) is 23.7. The first-order valence-electron chi connectivity index (χ1n) is 13.0. The first-order chi connectivity index (χ1) is 20.2. The number of halogens is 1. The van der Waals surface area contributed by atoms with Crippen molar-refractivity contribution in [2.75, 3.05) is 33.5 Å². The SMILES string of the molecule is C#CCOc1c(I)cc(/C=N\N[C@H](O)COc2ccc([C@H]3NC(=O)NC(C)=C3C(=O)OC)cc2OCC)cc1OCC. The van der Waals surface area contributed by atoms with Crippen LogP contribution in [0.15, 0.2) is 46.7 Å². The molecule has 1 aliphatic rings. The minimum atomic E-state index is -1.15. The summed E-state index contributed by atoms with van der Waals surface area (Å²) in [5.74, 6) is 3.67. The average Bonchev–Trinajstić information content (AvgIpc) is 2.95. The molecule has 0 aromatic heterocycles. The van der Waals surface area contributed by atoms with Gasteiger partial charge in [-0.2, -0.15) is 5.10 Å². The van der Waals surface area contributed by atoms with E-state index in [0.717, 1.165) is 3.57 Å². The van der Waals surface area contributed by atoms with Gasteiger partial charge in [0.2, 0.25) is 0 Å². The van der Waals surface area contributed by atoms with E-state index in [2.05, 4.69) is 49.7 Å². The van der Waals surface area contributed by atoms with E-state index in [4.69, 9.17) is 30.1 Å². The van der Waals surface area contributed by atoms with E-state index in [1.54, 1.807) is 31.2 Å². The summed E-state index contributed by atoms with van der Waals surface area (Å²) in [6.07, 6.45) is 5.68. The number of amides is 2. The second-order valence-corrected chi connectivity index (χ2v) is 9.83. The van der Waals surface area contributed by atoms with Crippen molar-refractivity contribution in [1.82, 2.24) is 16.1 Å². The Morgan fingerprint density at radius 2 is 1.90 bits per heavy atom. The number of aliphatic hydroxyl groups excluding tert-OH is 1. The maximum absolute atomic E-state index is 12.4. The van der Waals surface area contributed by atoms with Crippen LogP contribution in [0, 0.1) is 15.9 Å². The Morgan fingerprint density at radius 3 is 2.60 bits per heavy atom. The van der Waals surface area contributed by atoms with Gasteiger partial charge in [0, 0.05) is 5.70 Å². The fourth-order valence-corrected chi connectivity index (χ4v) is 4.78. The predicted molar refractivity (Wildman–Crippen MR) is 164 cm³/mol. The van der Waals surface area contributed by atoms with E-state index in [0.29, 0.717) is 53.0 Å². The van der Waals surface area contributed by atoms with Gasteiger partial charge in [-0.05, 0) is 78.8 Å². The van der Waals surface area contributed by atoms with Crippen LogP contribution in [0.5, 0.6) is 23.0 Å². The quantitative estimate of drug-likeness (QED) is 0.0585. The number of hydrogen-bond donors (Lipinski definition) is 4. The van der Waals surface area contributed by atoms with Gasteiger partial charge in [-0.3, -0.25) is 5.43 Å². The summed E-state index contributed by atoms with van der Waals surface area (Å²) in [5, 5.41) is 19.8. The minimum absolute atomic E-state index is 0.116. The van der Waals surface area contributed by atoms with Crippen LogP contribution < -0.4 is 35.0 Å². The van der Waals surface area contributed by atoms with Crippen molar-refractivity contribution in [3.05, 3.63) is 56.3 Å². The van der Waals surface area contributed by atoms with Crippen molar-refractivity contribution in [3.8, 4) is 35.3 Å². The number of carbonyl (C=O) groups excluding carboxylic acids is 2. The molecule has 0 saturated heterocycles. The lowest BCUT2D eigenvalue weighted by molar-refractivity contribution is -0.136. The molecule has 0 unspecified atom stereocenters. The number of ether oxygens (including phenoxy) is 5. The van der Waals surface area contributed by atoms with E-state index in [9.17, 15) is 14.7 Å². The molecule has 224 valence electrons. The average molecular weight is 693 g/mol. The van der Waals surface area contributed by atoms with E-state index in [1.165, 1.54) is 13.3 Å². The summed E-state index contributed by atoms with van der Waals surface area (Å²) in [6, 6.07) is 7.38. The van der Waals surface area contributed by atoms with Crippen LogP contribution in [0.25, 0.3) is 0 Å². The number of terminal acetylenes is 1. The number of nitrogens with zero attached hydrogens (tertiary/aromatic N) is 1. The molecule has 1 heterocycles. The van der Waals surface area contributed by atoms with E-state index in [-0.39, 0.29) is 18.8 Å². The molecular weight excluding hydrogens is 659 g/mol. The molecule has 0 radical (unpaired) electrons. The number of urea groups is 1. The number of carbonyl (C=O) groups is 2. The number of allylic oxidation sites excluding steroid dienone is 1. The van der Waals surface area contributed by atoms with Crippen LogP contribution >= 0.6 is 22.6 Å². The predicted octanol–water partition coefficient (Wildman–Crippen LogP) is 3.22. The molecule has 0 aliphatic carbocycles. The van der Waals surface area contributed by atoms with Crippen LogP contribution in [0.4, 0.5) is 4.79 Å². The molecule has 2 aromatic carbocycles. The van der Waals surface area contributed by atoms with Crippen LogP contribution in [0.1, 0.15) is 37.9 Å². The van der Waals surface area contributed by atoms with Gasteiger partial charge >= 0.3 is 12.0 Å². The highest BCUT2D eigenvalue weighted by Gasteiger charge is 2.32. The normalized spacial score (nSPS) is 15.3. The Morgan fingerprint density at radius 1 is 1.17 bits per heavy atom. The maximum Gasteiger partial charge on any atom is 0.337 e. The smallest absolute Gasteiger partial charge is 0.337 e. The van der Waals surface area contributed by atoms with Crippen molar-refractivity contribution in [3.63, 3.8) is 0 Å². The highest BCUT2D eigenvalue weighted by atomic mass is 127. The number of hydrazone groups is 1. The van der Waals surface area contributed by atoms with Gasteiger partial charge in [0.25, 0.3) is 0 Å². The fourth-order valence-electron chi connectivity index (χ4n) is 4.00. The number of aliphatic hydroxyl groups is 1. The third-order valence-electron chi connectivity index (χ3n) is 5.74. The largest absolute Gasteiger partial charge is 0.490 e. The van der Waals surface area contributed by atoms with Crippen molar-refractivity contribution in [1.29, 1.82) is 0 Å². The molecule has 13 heteroatoms. The highest BCUT2D eigenvalue weighted by Crippen LogP contribution is 2.35. The van der Waals surface area contributed by atoms with Crippen LogP contribution in [-0.2, 0) is 9.53 Å². The first kappa shape index (κ1) is 32.4. The van der Waals surface area contributed by atoms with Gasteiger partial charge < -0.3 is 39.4 Å².